The standard InChI is InChI=1S/C26H37NO2S/c1-4-5-6-7-8-9-20-27(30-25-18-12-22(2)13-19-25)21-10-11-23-14-16-24(17-15-23)26(28)29-3/h12-19H,4-11,20-21H2,1-3H3. The topological polar surface area (TPSA) is 29.5 Å². The number of rotatable bonds is 14. The minimum absolute atomic E-state index is 0.277. The highest BCUT2D eigenvalue weighted by Crippen LogP contribution is 2.24. The molecule has 0 N–H and O–H groups in total. The molecule has 0 radical (unpaired) electrons. The summed E-state index contributed by atoms with van der Waals surface area (Å²) in [6, 6.07) is 16.6. The Morgan fingerprint density at radius 3 is 2.17 bits per heavy atom. The Balaban J connectivity index is 1.83. The van der Waals surface area contributed by atoms with E-state index in [1.165, 1.54) is 61.7 Å². The van der Waals surface area contributed by atoms with Crippen LogP contribution in [0.25, 0.3) is 0 Å². The van der Waals surface area contributed by atoms with Gasteiger partial charge in [0.2, 0.25) is 0 Å². The highest BCUT2D eigenvalue weighted by Gasteiger charge is 2.09. The van der Waals surface area contributed by atoms with Gasteiger partial charge in [0.1, 0.15) is 0 Å². The second kappa shape index (κ2) is 14.3. The molecule has 0 unspecified atom stereocenters. The van der Waals surface area contributed by atoms with Gasteiger partial charge in [-0.3, -0.25) is 0 Å². The molecule has 0 saturated carbocycles. The first-order chi connectivity index (χ1) is 14.6. The predicted octanol–water partition coefficient (Wildman–Crippen LogP) is 7.08. The molecule has 0 bridgehead atoms. The number of carbonyl (C=O) groups excluding carboxylic acids is 1. The second-order valence-corrected chi connectivity index (χ2v) is 9.06. The lowest BCUT2D eigenvalue weighted by atomic mass is 10.1. The molecule has 0 atom stereocenters. The summed E-state index contributed by atoms with van der Waals surface area (Å²) in [5.74, 6) is -0.277. The summed E-state index contributed by atoms with van der Waals surface area (Å²) < 4.78 is 7.29. The molecule has 0 fully saturated rings. The van der Waals surface area contributed by atoms with Gasteiger partial charge in [-0.15, -0.1) is 0 Å². The number of hydrogen-bond donors (Lipinski definition) is 0. The molecule has 2 rings (SSSR count). The number of carbonyl (C=O) groups is 1. The molecule has 0 aliphatic carbocycles. The molecule has 0 spiro atoms. The zero-order valence-corrected chi connectivity index (χ0v) is 19.7. The Labute approximate surface area is 187 Å². The van der Waals surface area contributed by atoms with Crippen molar-refractivity contribution >= 4 is 17.9 Å². The van der Waals surface area contributed by atoms with E-state index in [9.17, 15) is 4.79 Å². The number of ether oxygens (including phenoxy) is 1. The summed E-state index contributed by atoms with van der Waals surface area (Å²) in [7, 11) is 1.42. The molecule has 0 aliphatic rings. The molecule has 164 valence electrons. The Bertz CT molecular complexity index is 728. The number of benzene rings is 2. The van der Waals surface area contributed by atoms with Gasteiger partial charge in [-0.2, -0.15) is 0 Å². The maximum absolute atomic E-state index is 11.6. The smallest absolute Gasteiger partial charge is 0.337 e. The van der Waals surface area contributed by atoms with Gasteiger partial charge in [0, 0.05) is 18.0 Å². The number of methoxy groups -OCH3 is 1. The molecule has 3 nitrogen and oxygen atoms in total. The van der Waals surface area contributed by atoms with Crippen LogP contribution in [0.1, 0.15) is 73.4 Å². The number of esters is 1. The van der Waals surface area contributed by atoms with E-state index < -0.39 is 0 Å². The molecule has 2 aromatic rings. The SMILES string of the molecule is CCCCCCCCN(CCCc1ccc(C(=O)OC)cc1)Sc1ccc(C)cc1. The average molecular weight is 428 g/mol. The van der Waals surface area contributed by atoms with Gasteiger partial charge < -0.3 is 4.74 Å². The molecular formula is C26H37NO2S. The third kappa shape index (κ3) is 9.36. The average Bonchev–Trinajstić information content (AvgIpc) is 2.77. The maximum Gasteiger partial charge on any atom is 0.337 e. The van der Waals surface area contributed by atoms with Crippen LogP contribution < -0.4 is 0 Å². The fourth-order valence-electron chi connectivity index (χ4n) is 3.40. The van der Waals surface area contributed by atoms with E-state index >= 15 is 0 Å². The van der Waals surface area contributed by atoms with Crippen molar-refractivity contribution in [2.24, 2.45) is 0 Å². The zero-order valence-electron chi connectivity index (χ0n) is 18.9. The quantitative estimate of drug-likeness (QED) is 0.183. The van der Waals surface area contributed by atoms with Gasteiger partial charge in [-0.25, -0.2) is 9.10 Å². The first-order valence-corrected chi connectivity index (χ1v) is 12.1. The van der Waals surface area contributed by atoms with Crippen molar-refractivity contribution < 1.29 is 9.53 Å². The summed E-state index contributed by atoms with van der Waals surface area (Å²) in [5.41, 5.74) is 3.18. The van der Waals surface area contributed by atoms with Crippen LogP contribution in [0.4, 0.5) is 0 Å². The Hall–Kier alpha value is -1.78. The lowest BCUT2D eigenvalue weighted by Crippen LogP contribution is -2.19. The van der Waals surface area contributed by atoms with Gasteiger partial charge in [-0.1, -0.05) is 68.9 Å². The highest BCUT2D eigenvalue weighted by molar-refractivity contribution is 7.97. The molecule has 0 heterocycles. The summed E-state index contributed by atoms with van der Waals surface area (Å²) in [4.78, 5) is 12.9. The van der Waals surface area contributed by atoms with E-state index in [1.54, 1.807) is 0 Å². The Morgan fingerprint density at radius 2 is 1.50 bits per heavy atom. The van der Waals surface area contributed by atoms with Gasteiger partial charge in [0.25, 0.3) is 0 Å². The van der Waals surface area contributed by atoms with E-state index in [0.717, 1.165) is 25.9 Å². The van der Waals surface area contributed by atoms with Gasteiger partial charge in [-0.05, 0) is 68.0 Å². The fraction of sp³-hybridized carbons (Fsp3) is 0.500. The fourth-order valence-corrected chi connectivity index (χ4v) is 4.40. The van der Waals surface area contributed by atoms with Crippen molar-refractivity contribution in [1.29, 1.82) is 0 Å². The maximum atomic E-state index is 11.6. The normalized spacial score (nSPS) is 11.1. The molecule has 0 aliphatic heterocycles. The summed E-state index contributed by atoms with van der Waals surface area (Å²) in [5, 5.41) is 0. The number of hydrogen-bond acceptors (Lipinski definition) is 4. The van der Waals surface area contributed by atoms with Crippen LogP contribution in [0.2, 0.25) is 0 Å². The largest absolute Gasteiger partial charge is 0.465 e. The molecule has 0 aromatic heterocycles. The lowest BCUT2D eigenvalue weighted by molar-refractivity contribution is 0.0600. The Kier molecular flexibility index (Phi) is 11.6. The highest BCUT2D eigenvalue weighted by atomic mass is 32.2. The summed E-state index contributed by atoms with van der Waals surface area (Å²) in [6.07, 6.45) is 10.1. The van der Waals surface area contributed by atoms with Gasteiger partial charge in [0.15, 0.2) is 0 Å². The molecule has 0 amide bonds. The molecule has 2 aromatic carbocycles. The van der Waals surface area contributed by atoms with Crippen molar-refractivity contribution in [3.05, 3.63) is 65.2 Å². The number of nitrogens with zero attached hydrogens (tertiary/aromatic N) is 1. The summed E-state index contributed by atoms with van der Waals surface area (Å²) >= 11 is 1.88. The predicted molar refractivity (Wildman–Crippen MR) is 128 cm³/mol. The van der Waals surface area contributed by atoms with Crippen LogP contribution in [-0.4, -0.2) is 30.5 Å². The second-order valence-electron chi connectivity index (χ2n) is 7.89. The third-order valence-electron chi connectivity index (χ3n) is 5.26. The zero-order chi connectivity index (χ0) is 21.6. The Morgan fingerprint density at radius 1 is 0.867 bits per heavy atom. The van der Waals surface area contributed by atoms with E-state index in [2.05, 4.69) is 42.4 Å². The van der Waals surface area contributed by atoms with E-state index in [-0.39, 0.29) is 5.97 Å². The number of unbranched alkanes of at least 4 members (excludes halogenated alkanes) is 5. The minimum Gasteiger partial charge on any atom is -0.465 e. The molecule has 4 heteroatoms. The summed E-state index contributed by atoms with van der Waals surface area (Å²) in [6.45, 7) is 6.59. The molecule has 0 saturated heterocycles. The van der Waals surface area contributed by atoms with Crippen molar-refractivity contribution in [2.45, 2.75) is 70.1 Å². The monoisotopic (exact) mass is 427 g/mol. The molecular weight excluding hydrogens is 390 g/mol. The molecule has 30 heavy (non-hydrogen) atoms. The van der Waals surface area contributed by atoms with Crippen LogP contribution in [0, 0.1) is 6.92 Å². The van der Waals surface area contributed by atoms with E-state index in [4.69, 9.17) is 4.74 Å². The van der Waals surface area contributed by atoms with Crippen LogP contribution >= 0.6 is 11.9 Å². The third-order valence-corrected chi connectivity index (χ3v) is 6.37. The van der Waals surface area contributed by atoms with Gasteiger partial charge in [0.05, 0.1) is 12.7 Å². The van der Waals surface area contributed by atoms with Crippen molar-refractivity contribution in [3.63, 3.8) is 0 Å². The first-order valence-electron chi connectivity index (χ1n) is 11.3. The van der Waals surface area contributed by atoms with Gasteiger partial charge >= 0.3 is 5.97 Å². The van der Waals surface area contributed by atoms with E-state index in [1.807, 2.05) is 36.2 Å². The number of aryl methyl sites for hydroxylation is 2. The van der Waals surface area contributed by atoms with Crippen molar-refractivity contribution in [3.8, 4) is 0 Å². The first kappa shape index (κ1) is 24.5. The van der Waals surface area contributed by atoms with Crippen LogP contribution in [0.15, 0.2) is 53.4 Å². The lowest BCUT2D eigenvalue weighted by Gasteiger charge is -2.21. The van der Waals surface area contributed by atoms with Crippen LogP contribution in [-0.2, 0) is 11.2 Å². The van der Waals surface area contributed by atoms with Crippen LogP contribution in [0.5, 0.6) is 0 Å². The van der Waals surface area contributed by atoms with Crippen molar-refractivity contribution in [1.82, 2.24) is 4.31 Å². The minimum atomic E-state index is -0.277. The van der Waals surface area contributed by atoms with Crippen LogP contribution in [0.3, 0.4) is 0 Å². The van der Waals surface area contributed by atoms with E-state index in [0.29, 0.717) is 5.56 Å². The van der Waals surface area contributed by atoms with Crippen molar-refractivity contribution in [2.75, 3.05) is 20.2 Å².